The molecule has 1 unspecified atom stereocenters. The van der Waals surface area contributed by atoms with Crippen LogP contribution in [-0.4, -0.2) is 70.9 Å². The van der Waals surface area contributed by atoms with Gasteiger partial charge in [-0.1, -0.05) is 4.99 Å². The van der Waals surface area contributed by atoms with Gasteiger partial charge in [0, 0.05) is 12.5 Å². The van der Waals surface area contributed by atoms with Crippen LogP contribution < -0.4 is 4.74 Å². The van der Waals surface area contributed by atoms with Crippen molar-refractivity contribution in [1.29, 1.82) is 0 Å². The molecule has 140 valence electrons. The molecule has 0 spiro atoms. The van der Waals surface area contributed by atoms with Gasteiger partial charge in [-0.05, 0) is 24.3 Å². The summed E-state index contributed by atoms with van der Waals surface area (Å²) in [6.07, 6.45) is 0. The molecule has 1 aromatic carbocycles. The Morgan fingerprint density at radius 2 is 1.93 bits per heavy atom. The van der Waals surface area contributed by atoms with E-state index < -0.39 is 17.9 Å². The number of carbonyl (C=O) groups excluding carboxylic acids is 3. The highest BCUT2D eigenvalue weighted by Gasteiger charge is 2.48. The molecule has 2 aliphatic rings. The molecule has 1 aromatic rings. The normalized spacial score (nSPS) is 19.6. The van der Waals surface area contributed by atoms with Crippen molar-refractivity contribution in [2.75, 3.05) is 27.0 Å². The summed E-state index contributed by atoms with van der Waals surface area (Å²) in [7, 11) is 4.56. The van der Waals surface area contributed by atoms with Gasteiger partial charge in [-0.25, -0.2) is 9.79 Å². The van der Waals surface area contributed by atoms with Crippen LogP contribution >= 0.6 is 11.8 Å². The average Bonchev–Trinajstić information content (AvgIpc) is 2.68. The molecule has 0 aromatic heterocycles. The van der Waals surface area contributed by atoms with E-state index in [0.717, 1.165) is 4.90 Å². The van der Waals surface area contributed by atoms with Crippen molar-refractivity contribution in [3.63, 3.8) is 0 Å². The molecule has 0 fully saturated rings. The zero-order chi connectivity index (χ0) is 19.7. The quantitative estimate of drug-likeness (QED) is 0.579. The van der Waals surface area contributed by atoms with Gasteiger partial charge in [0.25, 0.3) is 5.84 Å². The third-order valence-corrected chi connectivity index (χ3v) is 5.34. The van der Waals surface area contributed by atoms with Crippen LogP contribution in [0, 0.1) is 5.92 Å². The largest absolute Gasteiger partial charge is 0.497 e. The molecule has 0 bridgehead atoms. The predicted octanol–water partition coefficient (Wildman–Crippen LogP) is 1.69. The highest BCUT2D eigenvalue weighted by atomic mass is 32.2. The number of carbonyl (C=O) groups is 3. The molecule has 2 aliphatic heterocycles. The van der Waals surface area contributed by atoms with E-state index in [-0.39, 0.29) is 11.5 Å². The first-order valence-corrected chi connectivity index (χ1v) is 9.18. The Hall–Kier alpha value is -2.81. The summed E-state index contributed by atoms with van der Waals surface area (Å²) in [6, 6.07) is 6.39. The molecule has 3 amide bonds. The van der Waals surface area contributed by atoms with Crippen LogP contribution in [0.1, 0.15) is 17.3 Å². The molecule has 27 heavy (non-hydrogen) atoms. The number of rotatable bonds is 4. The Labute approximate surface area is 160 Å². The van der Waals surface area contributed by atoms with Crippen LogP contribution in [0.2, 0.25) is 0 Å². The molecule has 1 atom stereocenters. The summed E-state index contributed by atoms with van der Waals surface area (Å²) in [5.41, 5.74) is 0.550. The standard InChI is InChI=1S/C18H19N4O4S/c1-10-19-15-14(17(24)22(3)18(25)21(15)2)16(20-10)27-9-13(23)11-5-7-12(26-4)8-6-11/h5-8,14H,9H2,1-4H3/q+1. The minimum Gasteiger partial charge on any atom is -0.497 e. The van der Waals surface area contributed by atoms with Gasteiger partial charge < -0.3 is 4.74 Å². The van der Waals surface area contributed by atoms with E-state index >= 15 is 0 Å². The first-order chi connectivity index (χ1) is 12.8. The van der Waals surface area contributed by atoms with Crippen molar-refractivity contribution in [2.45, 2.75) is 6.92 Å². The van der Waals surface area contributed by atoms with Crippen LogP contribution in [0.25, 0.3) is 0 Å². The van der Waals surface area contributed by atoms with E-state index in [4.69, 9.17) is 4.74 Å². The van der Waals surface area contributed by atoms with E-state index in [0.29, 0.717) is 28.0 Å². The zero-order valence-electron chi connectivity index (χ0n) is 15.4. The van der Waals surface area contributed by atoms with Crippen LogP contribution in [0.4, 0.5) is 4.79 Å². The number of urea groups is 1. The van der Waals surface area contributed by atoms with E-state index in [1.54, 1.807) is 45.3 Å². The van der Waals surface area contributed by atoms with Crippen LogP contribution in [0.15, 0.2) is 34.3 Å². The smallest absolute Gasteiger partial charge is 0.445 e. The van der Waals surface area contributed by atoms with Crippen LogP contribution in [0.3, 0.4) is 0 Å². The van der Waals surface area contributed by atoms with Gasteiger partial charge in [0.15, 0.2) is 11.7 Å². The molecule has 2 heterocycles. The number of Topliss-reactive ketones (excluding diaryl/α,β-unsaturated/α-hetero) is 1. The van der Waals surface area contributed by atoms with E-state index in [1.807, 2.05) is 0 Å². The topological polar surface area (TPSA) is 91.4 Å². The predicted molar refractivity (Wildman–Crippen MR) is 103 cm³/mol. The summed E-state index contributed by atoms with van der Waals surface area (Å²) in [6.45, 7) is 1.69. The first kappa shape index (κ1) is 19.0. The number of benzene rings is 1. The zero-order valence-corrected chi connectivity index (χ0v) is 16.2. The lowest BCUT2D eigenvalue weighted by Crippen LogP contribution is -2.54. The second-order valence-electron chi connectivity index (χ2n) is 6.08. The van der Waals surface area contributed by atoms with Crippen molar-refractivity contribution in [1.82, 2.24) is 4.90 Å². The van der Waals surface area contributed by atoms with E-state index in [1.165, 1.54) is 23.4 Å². The fraction of sp³-hybridized carbons (Fsp3) is 0.333. The van der Waals surface area contributed by atoms with Crippen molar-refractivity contribution >= 4 is 46.2 Å². The third kappa shape index (κ3) is 3.55. The Kier molecular flexibility index (Phi) is 5.22. The molecule has 0 N–H and O–H groups in total. The number of methoxy groups -OCH3 is 1. The molecule has 8 nitrogen and oxygen atoms in total. The Morgan fingerprint density at radius 3 is 2.56 bits per heavy atom. The van der Waals surface area contributed by atoms with Gasteiger partial charge in [0.2, 0.25) is 5.84 Å². The average molecular weight is 387 g/mol. The number of fused-ring (bicyclic) bond motifs is 1. The molecular weight excluding hydrogens is 368 g/mol. The van der Waals surface area contributed by atoms with Crippen molar-refractivity contribution in [3.05, 3.63) is 29.8 Å². The molecule has 0 aliphatic carbocycles. The van der Waals surface area contributed by atoms with Crippen molar-refractivity contribution in [2.24, 2.45) is 15.9 Å². The number of imide groups is 1. The number of nitrogens with zero attached hydrogens (tertiary/aromatic N) is 4. The fourth-order valence-electron chi connectivity index (χ4n) is 2.80. The van der Waals surface area contributed by atoms with E-state index in [2.05, 4.69) is 9.98 Å². The molecule has 3 rings (SSSR count). The fourth-order valence-corrected chi connectivity index (χ4v) is 3.82. The lowest BCUT2D eigenvalue weighted by Gasteiger charge is -2.26. The van der Waals surface area contributed by atoms with Crippen LogP contribution in [-0.2, 0) is 4.79 Å². The highest BCUT2D eigenvalue weighted by molar-refractivity contribution is 8.14. The molecular formula is C18H19N4O4S+. The highest BCUT2D eigenvalue weighted by Crippen LogP contribution is 2.25. The van der Waals surface area contributed by atoms with Gasteiger partial charge in [-0.2, -0.15) is 9.48 Å². The molecule has 9 heteroatoms. The Bertz CT molecular complexity index is 918. The van der Waals surface area contributed by atoms with Gasteiger partial charge in [0.1, 0.15) is 10.8 Å². The molecule has 0 saturated carbocycles. The van der Waals surface area contributed by atoms with Gasteiger partial charge in [-0.15, -0.1) is 11.8 Å². The van der Waals surface area contributed by atoms with E-state index in [9.17, 15) is 14.4 Å². The number of hydrogen-bond acceptors (Lipinski definition) is 7. The second kappa shape index (κ2) is 7.43. The Balaban J connectivity index is 1.81. The number of hydrogen-bond donors (Lipinski definition) is 0. The second-order valence-corrected chi connectivity index (χ2v) is 7.08. The number of amidine groups is 2. The number of amides is 3. The van der Waals surface area contributed by atoms with Gasteiger partial charge in [0.05, 0.1) is 27.0 Å². The van der Waals surface area contributed by atoms with Crippen molar-refractivity contribution < 1.29 is 23.7 Å². The SMILES string of the molecule is COc1ccc(C(=O)CSC2=NC(C)=NC3=[N+](C)C(=O)N(C)C(=O)C23)cc1. The molecule has 0 saturated heterocycles. The number of aliphatic imine (C=N–C) groups is 2. The number of thioether (sulfide) groups is 1. The van der Waals surface area contributed by atoms with Gasteiger partial charge >= 0.3 is 11.9 Å². The summed E-state index contributed by atoms with van der Waals surface area (Å²) in [5, 5.41) is 0.468. The van der Waals surface area contributed by atoms with Crippen LogP contribution in [0.5, 0.6) is 5.75 Å². The maximum Gasteiger partial charge on any atom is 0.445 e. The maximum absolute atomic E-state index is 12.6. The number of ketones is 1. The first-order valence-electron chi connectivity index (χ1n) is 8.19. The number of ether oxygens (including phenoxy) is 1. The minimum absolute atomic E-state index is 0.0897. The maximum atomic E-state index is 12.6. The van der Waals surface area contributed by atoms with Crippen molar-refractivity contribution in [3.8, 4) is 5.75 Å². The lowest BCUT2D eigenvalue weighted by atomic mass is 10.1. The third-order valence-electron chi connectivity index (χ3n) is 4.31. The molecule has 0 radical (unpaired) electrons. The monoisotopic (exact) mass is 387 g/mol. The summed E-state index contributed by atoms with van der Waals surface area (Å²) in [5.74, 6) is 0.324. The minimum atomic E-state index is -0.768. The Morgan fingerprint density at radius 1 is 1.26 bits per heavy atom. The van der Waals surface area contributed by atoms with Gasteiger partial charge in [-0.3, -0.25) is 9.59 Å². The summed E-state index contributed by atoms with van der Waals surface area (Å²) < 4.78 is 6.43. The summed E-state index contributed by atoms with van der Waals surface area (Å²) in [4.78, 5) is 46.9. The lowest BCUT2D eigenvalue weighted by molar-refractivity contribution is -0.407. The summed E-state index contributed by atoms with van der Waals surface area (Å²) >= 11 is 1.19.